The Kier molecular flexibility index (Phi) is 4.70. The molecular formula is C21H24N2O2. The van der Waals surface area contributed by atoms with Crippen molar-refractivity contribution in [1.29, 1.82) is 0 Å². The number of benzene rings is 2. The van der Waals surface area contributed by atoms with E-state index in [2.05, 4.69) is 22.3 Å². The Hall–Kier alpha value is -2.33. The van der Waals surface area contributed by atoms with Crippen LogP contribution in [0.4, 0.5) is 5.69 Å². The first kappa shape index (κ1) is 16.2. The van der Waals surface area contributed by atoms with Crippen LogP contribution >= 0.6 is 0 Å². The first-order valence-corrected chi connectivity index (χ1v) is 9.13. The summed E-state index contributed by atoms with van der Waals surface area (Å²) in [6.07, 6.45) is 3.92. The van der Waals surface area contributed by atoms with Crippen molar-refractivity contribution < 1.29 is 9.53 Å². The molecule has 2 aromatic carbocycles. The van der Waals surface area contributed by atoms with Gasteiger partial charge in [-0.15, -0.1) is 0 Å². The summed E-state index contributed by atoms with van der Waals surface area (Å²) in [4.78, 5) is 15.2. The van der Waals surface area contributed by atoms with Crippen LogP contribution in [0.2, 0.25) is 0 Å². The minimum atomic E-state index is -0.234. The normalized spacial score (nSPS) is 19.9. The van der Waals surface area contributed by atoms with Crippen LogP contribution in [0, 0.1) is 0 Å². The highest BCUT2D eigenvalue weighted by Gasteiger charge is 2.30. The van der Waals surface area contributed by atoms with E-state index in [0.29, 0.717) is 6.61 Å². The molecule has 4 heteroatoms. The van der Waals surface area contributed by atoms with Gasteiger partial charge in [0.25, 0.3) is 0 Å². The summed E-state index contributed by atoms with van der Waals surface area (Å²) in [5, 5.41) is 3.06. The highest BCUT2D eigenvalue weighted by molar-refractivity contribution is 5.97. The van der Waals surface area contributed by atoms with Crippen LogP contribution in [-0.4, -0.2) is 30.5 Å². The minimum absolute atomic E-state index is 0.0000671. The van der Waals surface area contributed by atoms with E-state index in [4.69, 9.17) is 4.74 Å². The Bertz CT molecular complexity index is 753. The fraction of sp³-hybridized carbons (Fsp3) is 0.381. The lowest BCUT2D eigenvalue weighted by molar-refractivity contribution is -0.117. The van der Waals surface area contributed by atoms with Crippen LogP contribution in [0.1, 0.15) is 36.3 Å². The van der Waals surface area contributed by atoms with Gasteiger partial charge in [0.15, 0.2) is 0 Å². The summed E-state index contributed by atoms with van der Waals surface area (Å²) in [6.45, 7) is 3.72. The van der Waals surface area contributed by atoms with Gasteiger partial charge in [-0.25, -0.2) is 0 Å². The fourth-order valence-electron chi connectivity index (χ4n) is 3.73. The van der Waals surface area contributed by atoms with Gasteiger partial charge in [0.05, 0.1) is 0 Å². The van der Waals surface area contributed by atoms with Crippen LogP contribution < -0.4 is 10.1 Å². The van der Waals surface area contributed by atoms with Gasteiger partial charge >= 0.3 is 0 Å². The predicted molar refractivity (Wildman–Crippen MR) is 98.9 cm³/mol. The van der Waals surface area contributed by atoms with E-state index in [-0.39, 0.29) is 11.8 Å². The smallest absolute Gasteiger partial charge is 0.235 e. The number of anilines is 1. The average molecular weight is 336 g/mol. The molecule has 0 aliphatic carbocycles. The number of nitrogens with zero attached hydrogens (tertiary/aromatic N) is 1. The fourth-order valence-corrected chi connectivity index (χ4v) is 3.73. The summed E-state index contributed by atoms with van der Waals surface area (Å²) in [5.74, 6) is 0.587. The summed E-state index contributed by atoms with van der Waals surface area (Å²) < 4.78 is 5.63. The van der Waals surface area contributed by atoms with Crippen molar-refractivity contribution >= 4 is 11.6 Å². The maximum atomic E-state index is 12.7. The minimum Gasteiger partial charge on any atom is -0.492 e. The van der Waals surface area contributed by atoms with Crippen molar-refractivity contribution in [3.05, 3.63) is 59.7 Å². The molecule has 2 aromatic rings. The molecule has 1 amide bonds. The van der Waals surface area contributed by atoms with Crippen molar-refractivity contribution in [3.63, 3.8) is 0 Å². The summed E-state index contributed by atoms with van der Waals surface area (Å²) in [7, 11) is 0. The molecule has 2 heterocycles. The molecule has 1 saturated heterocycles. The number of piperidine rings is 1. The molecule has 0 bridgehead atoms. The quantitative estimate of drug-likeness (QED) is 0.924. The van der Waals surface area contributed by atoms with Gasteiger partial charge < -0.3 is 10.1 Å². The van der Waals surface area contributed by atoms with E-state index >= 15 is 0 Å². The molecule has 1 fully saturated rings. The molecule has 2 aliphatic heterocycles. The van der Waals surface area contributed by atoms with Gasteiger partial charge in [0.1, 0.15) is 18.3 Å². The van der Waals surface area contributed by atoms with E-state index in [9.17, 15) is 4.79 Å². The topological polar surface area (TPSA) is 41.6 Å². The predicted octanol–water partition coefficient (Wildman–Crippen LogP) is 3.79. The zero-order valence-corrected chi connectivity index (χ0v) is 14.4. The zero-order valence-electron chi connectivity index (χ0n) is 14.4. The third-order valence-electron chi connectivity index (χ3n) is 5.07. The lowest BCUT2D eigenvalue weighted by Crippen LogP contribution is -2.29. The number of carbonyl (C=O) groups is 1. The van der Waals surface area contributed by atoms with Crippen LogP contribution in [-0.2, 0) is 11.3 Å². The second kappa shape index (κ2) is 7.28. The molecule has 4 rings (SSSR count). The third kappa shape index (κ3) is 3.69. The van der Waals surface area contributed by atoms with E-state index in [1.807, 2.05) is 36.4 Å². The maximum absolute atomic E-state index is 12.7. The lowest BCUT2D eigenvalue weighted by Gasteiger charge is -2.26. The largest absolute Gasteiger partial charge is 0.492 e. The molecule has 0 spiro atoms. The Balaban J connectivity index is 1.42. The van der Waals surface area contributed by atoms with Gasteiger partial charge in [0, 0.05) is 17.8 Å². The number of carbonyl (C=O) groups excluding carboxylic acids is 1. The number of hydrogen-bond acceptors (Lipinski definition) is 3. The summed E-state index contributed by atoms with van der Waals surface area (Å²) in [5.41, 5.74) is 3.09. The number of hydrogen-bond donors (Lipinski definition) is 1. The standard InChI is InChI=1S/C21H24N2O2/c24-21(19-15-25-20-10-3-2-9-18(19)20)22-17-8-6-7-16(13-17)14-23-11-4-1-5-12-23/h2-3,6-10,13,19H,1,4-5,11-12,14-15H2,(H,22,24). The second-order valence-corrected chi connectivity index (χ2v) is 6.93. The van der Waals surface area contributed by atoms with E-state index in [1.54, 1.807) is 0 Å². The number of likely N-dealkylation sites (tertiary alicyclic amines) is 1. The number of rotatable bonds is 4. The highest BCUT2D eigenvalue weighted by atomic mass is 16.5. The molecule has 130 valence electrons. The molecule has 0 saturated carbocycles. The molecule has 25 heavy (non-hydrogen) atoms. The van der Waals surface area contributed by atoms with Gasteiger partial charge in [0.2, 0.25) is 5.91 Å². The first-order valence-electron chi connectivity index (χ1n) is 9.13. The Morgan fingerprint density at radius 2 is 1.92 bits per heavy atom. The molecule has 1 unspecified atom stereocenters. The van der Waals surface area contributed by atoms with E-state index in [0.717, 1.165) is 23.5 Å². The van der Waals surface area contributed by atoms with Crippen molar-refractivity contribution in [1.82, 2.24) is 4.90 Å². The molecule has 2 aliphatic rings. The van der Waals surface area contributed by atoms with Gasteiger partial charge in [-0.3, -0.25) is 9.69 Å². The van der Waals surface area contributed by atoms with Crippen molar-refractivity contribution in [3.8, 4) is 5.75 Å². The van der Waals surface area contributed by atoms with Gasteiger partial charge in [-0.05, 0) is 49.7 Å². The Morgan fingerprint density at radius 1 is 1.08 bits per heavy atom. The van der Waals surface area contributed by atoms with Crippen LogP contribution in [0.5, 0.6) is 5.75 Å². The van der Waals surface area contributed by atoms with Crippen molar-refractivity contribution in [2.45, 2.75) is 31.7 Å². The summed E-state index contributed by atoms with van der Waals surface area (Å²) >= 11 is 0. The Labute approximate surface area is 148 Å². The average Bonchev–Trinajstić information content (AvgIpc) is 3.07. The number of fused-ring (bicyclic) bond motifs is 1. The van der Waals surface area contributed by atoms with Crippen LogP contribution in [0.25, 0.3) is 0 Å². The molecular weight excluding hydrogens is 312 g/mol. The SMILES string of the molecule is O=C(Nc1cccc(CN2CCCCC2)c1)C1COc2ccccc21. The lowest BCUT2D eigenvalue weighted by atomic mass is 10.0. The van der Waals surface area contributed by atoms with Crippen molar-refractivity contribution in [2.75, 3.05) is 25.0 Å². The second-order valence-electron chi connectivity index (χ2n) is 6.93. The molecule has 1 atom stereocenters. The van der Waals surface area contributed by atoms with E-state index in [1.165, 1.54) is 37.9 Å². The monoisotopic (exact) mass is 336 g/mol. The number of para-hydroxylation sites is 1. The number of ether oxygens (including phenoxy) is 1. The zero-order chi connectivity index (χ0) is 17.1. The maximum Gasteiger partial charge on any atom is 0.235 e. The van der Waals surface area contributed by atoms with E-state index < -0.39 is 0 Å². The van der Waals surface area contributed by atoms with Gasteiger partial charge in [-0.1, -0.05) is 36.8 Å². The number of amides is 1. The molecule has 0 aromatic heterocycles. The van der Waals surface area contributed by atoms with Gasteiger partial charge in [-0.2, -0.15) is 0 Å². The summed E-state index contributed by atoms with van der Waals surface area (Å²) in [6, 6.07) is 16.0. The van der Waals surface area contributed by atoms with Crippen LogP contribution in [0.15, 0.2) is 48.5 Å². The third-order valence-corrected chi connectivity index (χ3v) is 5.07. The molecule has 0 radical (unpaired) electrons. The van der Waals surface area contributed by atoms with Crippen molar-refractivity contribution in [2.24, 2.45) is 0 Å². The highest BCUT2D eigenvalue weighted by Crippen LogP contribution is 2.34. The molecule has 4 nitrogen and oxygen atoms in total. The first-order chi connectivity index (χ1) is 12.3. The molecule has 1 N–H and O–H groups in total. The van der Waals surface area contributed by atoms with Crippen LogP contribution in [0.3, 0.4) is 0 Å². The number of nitrogens with one attached hydrogen (secondary N) is 1. The Morgan fingerprint density at radius 3 is 2.80 bits per heavy atom.